The van der Waals surface area contributed by atoms with Crippen LogP contribution in [0.1, 0.15) is 0 Å². The Labute approximate surface area is 139 Å². The average molecular weight is 360 g/mol. The van der Waals surface area contributed by atoms with Gasteiger partial charge in [-0.3, -0.25) is 4.79 Å². The zero-order valence-electron chi connectivity index (χ0n) is 12.7. The molecule has 0 bridgehead atoms. The standard InChI is InChI=1S/C16H13F5N2O2/c17-10-2-1-3-12(6-10)23-15(24)8-22-13-7-11(18)4-5-14(13)25-9-16(19,20)21/h1-7,22H,8-9H2,(H,23,24). The average Bonchev–Trinajstić information content (AvgIpc) is 2.51. The van der Waals surface area contributed by atoms with Crippen molar-refractivity contribution in [1.82, 2.24) is 0 Å². The van der Waals surface area contributed by atoms with Crippen molar-refractivity contribution in [3.63, 3.8) is 0 Å². The predicted octanol–water partition coefficient (Wildman–Crippen LogP) is 3.96. The van der Waals surface area contributed by atoms with Gasteiger partial charge in [0, 0.05) is 11.8 Å². The fourth-order valence-corrected chi connectivity index (χ4v) is 1.87. The van der Waals surface area contributed by atoms with E-state index in [1.54, 1.807) is 0 Å². The van der Waals surface area contributed by atoms with E-state index in [2.05, 4.69) is 15.4 Å². The molecular weight excluding hydrogens is 347 g/mol. The highest BCUT2D eigenvalue weighted by molar-refractivity contribution is 5.93. The maximum absolute atomic E-state index is 13.3. The number of benzene rings is 2. The molecule has 0 aliphatic heterocycles. The Morgan fingerprint density at radius 3 is 2.44 bits per heavy atom. The van der Waals surface area contributed by atoms with Crippen LogP contribution in [-0.2, 0) is 4.79 Å². The maximum Gasteiger partial charge on any atom is 0.422 e. The van der Waals surface area contributed by atoms with Crippen molar-refractivity contribution in [2.75, 3.05) is 23.8 Å². The quantitative estimate of drug-likeness (QED) is 0.767. The van der Waals surface area contributed by atoms with Crippen LogP contribution in [0.3, 0.4) is 0 Å². The van der Waals surface area contributed by atoms with Crippen molar-refractivity contribution in [3.8, 4) is 5.75 Å². The van der Waals surface area contributed by atoms with E-state index in [0.29, 0.717) is 0 Å². The Hall–Kier alpha value is -2.84. The Balaban J connectivity index is 1.99. The number of amides is 1. The molecule has 0 aliphatic carbocycles. The molecule has 0 heterocycles. The summed E-state index contributed by atoms with van der Waals surface area (Å²) in [4.78, 5) is 11.8. The Bertz CT molecular complexity index is 750. The first kappa shape index (κ1) is 18.5. The van der Waals surface area contributed by atoms with E-state index >= 15 is 0 Å². The van der Waals surface area contributed by atoms with Gasteiger partial charge in [-0.25, -0.2) is 8.78 Å². The highest BCUT2D eigenvalue weighted by Gasteiger charge is 2.28. The lowest BCUT2D eigenvalue weighted by Crippen LogP contribution is -2.23. The molecule has 0 atom stereocenters. The lowest BCUT2D eigenvalue weighted by molar-refractivity contribution is -0.153. The second kappa shape index (κ2) is 7.82. The second-order valence-electron chi connectivity index (χ2n) is 4.96. The van der Waals surface area contributed by atoms with Crippen LogP contribution in [0.2, 0.25) is 0 Å². The summed E-state index contributed by atoms with van der Waals surface area (Å²) in [6.07, 6.45) is -4.56. The minimum absolute atomic E-state index is 0.112. The van der Waals surface area contributed by atoms with E-state index in [4.69, 9.17) is 0 Å². The van der Waals surface area contributed by atoms with Crippen LogP contribution in [0.15, 0.2) is 42.5 Å². The molecule has 2 aromatic carbocycles. The van der Waals surface area contributed by atoms with Gasteiger partial charge in [0.1, 0.15) is 17.4 Å². The summed E-state index contributed by atoms with van der Waals surface area (Å²) in [5.74, 6) is -2.11. The van der Waals surface area contributed by atoms with Gasteiger partial charge in [-0.1, -0.05) is 6.07 Å². The SMILES string of the molecule is O=C(CNc1cc(F)ccc1OCC(F)(F)F)Nc1cccc(F)c1. The molecule has 2 N–H and O–H groups in total. The van der Waals surface area contributed by atoms with Gasteiger partial charge < -0.3 is 15.4 Å². The van der Waals surface area contributed by atoms with E-state index in [1.165, 1.54) is 18.2 Å². The van der Waals surface area contributed by atoms with Gasteiger partial charge in [0.05, 0.1) is 12.2 Å². The van der Waals surface area contributed by atoms with Gasteiger partial charge in [-0.2, -0.15) is 13.2 Å². The smallest absolute Gasteiger partial charge is 0.422 e. The molecule has 0 radical (unpaired) electrons. The van der Waals surface area contributed by atoms with E-state index in [1.807, 2.05) is 0 Å². The third-order valence-corrected chi connectivity index (χ3v) is 2.88. The topological polar surface area (TPSA) is 50.4 Å². The summed E-state index contributed by atoms with van der Waals surface area (Å²) >= 11 is 0. The molecule has 134 valence electrons. The van der Waals surface area contributed by atoms with Crippen LogP contribution >= 0.6 is 0 Å². The van der Waals surface area contributed by atoms with Crippen molar-refractivity contribution in [3.05, 3.63) is 54.1 Å². The summed E-state index contributed by atoms with van der Waals surface area (Å²) in [5.41, 5.74) is 0.0956. The van der Waals surface area contributed by atoms with E-state index in [-0.39, 0.29) is 23.7 Å². The van der Waals surface area contributed by atoms with Gasteiger partial charge in [0.2, 0.25) is 5.91 Å². The van der Waals surface area contributed by atoms with Crippen LogP contribution in [0.25, 0.3) is 0 Å². The number of hydrogen-bond donors (Lipinski definition) is 2. The number of rotatable bonds is 6. The first-order valence-electron chi connectivity index (χ1n) is 7.01. The number of hydrogen-bond acceptors (Lipinski definition) is 3. The molecule has 25 heavy (non-hydrogen) atoms. The van der Waals surface area contributed by atoms with Crippen LogP contribution in [0.5, 0.6) is 5.75 Å². The van der Waals surface area contributed by atoms with E-state index in [9.17, 15) is 26.7 Å². The summed E-state index contributed by atoms with van der Waals surface area (Å²) in [7, 11) is 0. The molecule has 0 saturated carbocycles. The molecule has 2 rings (SSSR count). The van der Waals surface area contributed by atoms with Gasteiger partial charge in [-0.05, 0) is 30.3 Å². The number of alkyl halides is 3. The fraction of sp³-hybridized carbons (Fsp3) is 0.188. The number of anilines is 2. The van der Waals surface area contributed by atoms with Crippen molar-refractivity contribution in [2.24, 2.45) is 0 Å². The number of carbonyl (C=O) groups excluding carboxylic acids is 1. The second-order valence-corrected chi connectivity index (χ2v) is 4.96. The maximum atomic E-state index is 13.3. The monoisotopic (exact) mass is 360 g/mol. The number of nitrogens with one attached hydrogen (secondary N) is 2. The van der Waals surface area contributed by atoms with Crippen molar-refractivity contribution >= 4 is 17.3 Å². The van der Waals surface area contributed by atoms with Crippen LogP contribution in [0.4, 0.5) is 33.3 Å². The van der Waals surface area contributed by atoms with Crippen molar-refractivity contribution in [1.29, 1.82) is 0 Å². The lowest BCUT2D eigenvalue weighted by Gasteiger charge is -2.14. The van der Waals surface area contributed by atoms with Crippen LogP contribution < -0.4 is 15.4 Å². The highest BCUT2D eigenvalue weighted by atomic mass is 19.4. The highest BCUT2D eigenvalue weighted by Crippen LogP contribution is 2.27. The van der Waals surface area contributed by atoms with Crippen LogP contribution in [-0.4, -0.2) is 25.2 Å². The molecule has 9 heteroatoms. The first-order valence-corrected chi connectivity index (χ1v) is 7.01. The predicted molar refractivity (Wildman–Crippen MR) is 81.5 cm³/mol. The third-order valence-electron chi connectivity index (χ3n) is 2.88. The van der Waals surface area contributed by atoms with E-state index in [0.717, 1.165) is 24.3 Å². The molecule has 0 saturated heterocycles. The zero-order valence-corrected chi connectivity index (χ0v) is 12.7. The summed E-state index contributed by atoms with van der Waals surface area (Å²) in [6.45, 7) is -1.94. The van der Waals surface area contributed by atoms with Gasteiger partial charge in [0.15, 0.2) is 6.61 Å². The van der Waals surface area contributed by atoms with E-state index < -0.39 is 30.3 Å². The minimum Gasteiger partial charge on any atom is -0.482 e. The number of halogens is 5. The summed E-state index contributed by atoms with van der Waals surface area (Å²) in [5, 5.41) is 4.87. The molecule has 0 fully saturated rings. The molecule has 0 spiro atoms. The number of ether oxygens (including phenoxy) is 1. The van der Waals surface area contributed by atoms with Crippen LogP contribution in [0, 0.1) is 11.6 Å². The van der Waals surface area contributed by atoms with Gasteiger partial charge in [-0.15, -0.1) is 0 Å². The summed E-state index contributed by atoms with van der Waals surface area (Å²) in [6, 6.07) is 8.01. The molecule has 0 aromatic heterocycles. The number of carbonyl (C=O) groups is 1. The molecule has 0 unspecified atom stereocenters. The third kappa shape index (κ3) is 6.28. The molecule has 4 nitrogen and oxygen atoms in total. The zero-order chi connectivity index (χ0) is 18.4. The molecule has 0 aliphatic rings. The Morgan fingerprint density at radius 1 is 1.04 bits per heavy atom. The Kier molecular flexibility index (Phi) is 5.79. The lowest BCUT2D eigenvalue weighted by atomic mass is 10.2. The fourth-order valence-electron chi connectivity index (χ4n) is 1.87. The Morgan fingerprint density at radius 2 is 1.76 bits per heavy atom. The van der Waals surface area contributed by atoms with Gasteiger partial charge >= 0.3 is 6.18 Å². The summed E-state index contributed by atoms with van der Waals surface area (Å²) < 4.78 is 67.6. The molecule has 1 amide bonds. The van der Waals surface area contributed by atoms with Gasteiger partial charge in [0.25, 0.3) is 0 Å². The first-order chi connectivity index (χ1) is 11.7. The molecule has 2 aromatic rings. The van der Waals surface area contributed by atoms with Crippen molar-refractivity contribution in [2.45, 2.75) is 6.18 Å². The molecular formula is C16H13F5N2O2. The van der Waals surface area contributed by atoms with Crippen molar-refractivity contribution < 1.29 is 31.5 Å². The largest absolute Gasteiger partial charge is 0.482 e. The normalized spacial score (nSPS) is 11.1. The minimum atomic E-state index is -4.56.